The highest BCUT2D eigenvalue weighted by atomic mass is 79.9. The lowest BCUT2D eigenvalue weighted by molar-refractivity contribution is 0.0692. The quantitative estimate of drug-likeness (QED) is 0.792. The number of aromatic nitrogens is 2. The van der Waals surface area contributed by atoms with Gasteiger partial charge in [-0.15, -0.1) is 0 Å². The number of hydrogen-bond donors (Lipinski definition) is 1. The second kappa shape index (κ2) is 6.79. The number of sulfonamides is 1. The fraction of sp³-hybridized carbons (Fsp3) is 0.412. The molecular formula is C17H19BrN4O3S. The van der Waals surface area contributed by atoms with Crippen molar-refractivity contribution in [1.29, 1.82) is 0 Å². The standard InChI is InChI=1S/C17H19BrN4O3S/c18-13-2-1-3-14(10-13)26(24,25)22-8-6-21(7-9-22)17(23)16-11-15(19-20-16)12-4-5-12/h1-3,10-12H,4-9H2,(H,19,20). The number of amides is 1. The van der Waals surface area contributed by atoms with Crippen LogP contribution in [0.2, 0.25) is 0 Å². The van der Waals surface area contributed by atoms with E-state index in [1.54, 1.807) is 29.2 Å². The Balaban J connectivity index is 1.42. The van der Waals surface area contributed by atoms with Crippen LogP contribution in [0.15, 0.2) is 39.7 Å². The van der Waals surface area contributed by atoms with Crippen LogP contribution in [0.3, 0.4) is 0 Å². The molecule has 4 rings (SSSR count). The molecule has 1 aliphatic carbocycles. The molecule has 0 spiro atoms. The van der Waals surface area contributed by atoms with E-state index < -0.39 is 10.0 Å². The van der Waals surface area contributed by atoms with E-state index in [0.29, 0.717) is 24.7 Å². The number of piperazine rings is 1. The lowest BCUT2D eigenvalue weighted by atomic mass is 10.2. The molecule has 1 amide bonds. The summed E-state index contributed by atoms with van der Waals surface area (Å²) in [5.41, 5.74) is 1.43. The lowest BCUT2D eigenvalue weighted by Gasteiger charge is -2.33. The Morgan fingerprint density at radius 2 is 1.88 bits per heavy atom. The van der Waals surface area contributed by atoms with Crippen molar-refractivity contribution < 1.29 is 13.2 Å². The number of hydrogen-bond acceptors (Lipinski definition) is 4. The van der Waals surface area contributed by atoms with E-state index >= 15 is 0 Å². The van der Waals surface area contributed by atoms with Gasteiger partial charge in [0.15, 0.2) is 0 Å². The van der Waals surface area contributed by atoms with Crippen molar-refractivity contribution >= 4 is 31.9 Å². The second-order valence-electron chi connectivity index (χ2n) is 6.64. The zero-order valence-corrected chi connectivity index (χ0v) is 16.5. The zero-order valence-electron chi connectivity index (χ0n) is 14.1. The van der Waals surface area contributed by atoms with Crippen LogP contribution in [0.4, 0.5) is 0 Å². The van der Waals surface area contributed by atoms with Crippen molar-refractivity contribution in [3.63, 3.8) is 0 Å². The van der Waals surface area contributed by atoms with E-state index in [4.69, 9.17) is 0 Å². The van der Waals surface area contributed by atoms with Gasteiger partial charge in [0.25, 0.3) is 5.91 Å². The largest absolute Gasteiger partial charge is 0.335 e. The fourth-order valence-corrected chi connectivity index (χ4v) is 5.14. The number of nitrogens with one attached hydrogen (secondary N) is 1. The number of carbonyl (C=O) groups excluding carboxylic acids is 1. The Bertz CT molecular complexity index is 931. The molecule has 1 aromatic heterocycles. The van der Waals surface area contributed by atoms with E-state index in [2.05, 4.69) is 26.1 Å². The molecule has 1 aromatic carbocycles. The molecule has 2 aromatic rings. The predicted molar refractivity (Wildman–Crippen MR) is 99.4 cm³/mol. The number of benzene rings is 1. The Hall–Kier alpha value is -1.71. The molecule has 7 nitrogen and oxygen atoms in total. The van der Waals surface area contributed by atoms with E-state index in [1.807, 2.05) is 6.07 Å². The average Bonchev–Trinajstić information content (AvgIpc) is 3.38. The summed E-state index contributed by atoms with van der Waals surface area (Å²) >= 11 is 3.30. The fourth-order valence-electron chi connectivity index (χ4n) is 3.12. The van der Waals surface area contributed by atoms with Gasteiger partial charge in [0.05, 0.1) is 4.90 Å². The summed E-state index contributed by atoms with van der Waals surface area (Å²) < 4.78 is 27.7. The number of rotatable bonds is 4. The maximum absolute atomic E-state index is 12.8. The van der Waals surface area contributed by atoms with Crippen molar-refractivity contribution in [3.8, 4) is 0 Å². The van der Waals surface area contributed by atoms with Gasteiger partial charge in [-0.25, -0.2) is 8.42 Å². The van der Waals surface area contributed by atoms with Crippen molar-refractivity contribution in [3.05, 3.63) is 46.2 Å². The van der Waals surface area contributed by atoms with Crippen LogP contribution >= 0.6 is 15.9 Å². The maximum atomic E-state index is 12.8. The van der Waals surface area contributed by atoms with Crippen LogP contribution in [-0.2, 0) is 10.0 Å². The van der Waals surface area contributed by atoms with Crippen LogP contribution in [0, 0.1) is 0 Å². The third-order valence-electron chi connectivity index (χ3n) is 4.79. The van der Waals surface area contributed by atoms with Gasteiger partial charge in [0.1, 0.15) is 5.69 Å². The van der Waals surface area contributed by atoms with Gasteiger partial charge in [0.2, 0.25) is 10.0 Å². The van der Waals surface area contributed by atoms with Crippen LogP contribution in [0.25, 0.3) is 0 Å². The summed E-state index contributed by atoms with van der Waals surface area (Å²) in [7, 11) is -3.55. The van der Waals surface area contributed by atoms with Crippen LogP contribution < -0.4 is 0 Å². The molecule has 2 fully saturated rings. The van der Waals surface area contributed by atoms with Gasteiger partial charge in [-0.3, -0.25) is 9.89 Å². The molecule has 0 unspecified atom stereocenters. The Morgan fingerprint density at radius 3 is 2.54 bits per heavy atom. The highest BCUT2D eigenvalue weighted by Gasteiger charge is 2.32. The molecule has 0 atom stereocenters. The van der Waals surface area contributed by atoms with Gasteiger partial charge < -0.3 is 4.90 Å². The molecule has 0 radical (unpaired) electrons. The smallest absolute Gasteiger partial charge is 0.274 e. The molecule has 2 aliphatic rings. The number of H-pyrrole nitrogens is 1. The maximum Gasteiger partial charge on any atom is 0.274 e. The van der Waals surface area contributed by atoms with Crippen molar-refractivity contribution in [2.24, 2.45) is 0 Å². The molecule has 9 heteroatoms. The topological polar surface area (TPSA) is 86.4 Å². The number of carbonyl (C=O) groups is 1. The second-order valence-corrected chi connectivity index (χ2v) is 9.49. The van der Waals surface area contributed by atoms with Crippen LogP contribution in [-0.4, -0.2) is 59.9 Å². The van der Waals surface area contributed by atoms with Gasteiger partial charge in [-0.2, -0.15) is 9.40 Å². The molecule has 1 aliphatic heterocycles. The van der Waals surface area contributed by atoms with E-state index in [-0.39, 0.29) is 23.9 Å². The summed E-state index contributed by atoms with van der Waals surface area (Å²) in [6.45, 7) is 1.27. The molecular weight excluding hydrogens is 420 g/mol. The summed E-state index contributed by atoms with van der Waals surface area (Å²) in [4.78, 5) is 14.5. The number of aromatic amines is 1. The summed E-state index contributed by atoms with van der Waals surface area (Å²) in [6.07, 6.45) is 2.28. The first-order valence-electron chi connectivity index (χ1n) is 8.55. The molecule has 1 saturated heterocycles. The summed E-state index contributed by atoms with van der Waals surface area (Å²) in [5.74, 6) is 0.365. The lowest BCUT2D eigenvalue weighted by Crippen LogP contribution is -2.50. The van der Waals surface area contributed by atoms with Gasteiger partial charge in [0, 0.05) is 42.3 Å². The van der Waals surface area contributed by atoms with Gasteiger partial charge >= 0.3 is 0 Å². The molecule has 0 bridgehead atoms. The van der Waals surface area contributed by atoms with Gasteiger partial charge in [-0.05, 0) is 37.1 Å². The number of halogens is 1. The predicted octanol–water partition coefficient (Wildman–Crippen LogP) is 2.20. The summed E-state index contributed by atoms with van der Waals surface area (Å²) in [5, 5.41) is 7.06. The highest BCUT2D eigenvalue weighted by Crippen LogP contribution is 2.39. The van der Waals surface area contributed by atoms with Gasteiger partial charge in [-0.1, -0.05) is 22.0 Å². The first-order valence-corrected chi connectivity index (χ1v) is 10.8. The Morgan fingerprint density at radius 1 is 1.15 bits per heavy atom. The number of nitrogens with zero attached hydrogens (tertiary/aromatic N) is 3. The Kier molecular flexibility index (Phi) is 4.62. The first kappa shape index (κ1) is 17.7. The van der Waals surface area contributed by atoms with E-state index in [0.717, 1.165) is 23.0 Å². The molecule has 1 saturated carbocycles. The average molecular weight is 439 g/mol. The molecule has 1 N–H and O–H groups in total. The van der Waals surface area contributed by atoms with Crippen molar-refractivity contribution in [2.75, 3.05) is 26.2 Å². The SMILES string of the molecule is O=C(c1cc(C2CC2)[nH]n1)N1CCN(S(=O)(=O)c2cccc(Br)c2)CC1. The zero-order chi connectivity index (χ0) is 18.3. The van der Waals surface area contributed by atoms with Crippen LogP contribution in [0.1, 0.15) is 34.9 Å². The Labute approximate surface area is 160 Å². The van der Waals surface area contributed by atoms with Crippen LogP contribution in [0.5, 0.6) is 0 Å². The minimum Gasteiger partial charge on any atom is -0.335 e. The normalized spacial score (nSPS) is 18.9. The van der Waals surface area contributed by atoms with Crippen molar-refractivity contribution in [1.82, 2.24) is 19.4 Å². The van der Waals surface area contributed by atoms with Crippen molar-refractivity contribution in [2.45, 2.75) is 23.7 Å². The third-order valence-corrected chi connectivity index (χ3v) is 7.18. The minimum absolute atomic E-state index is 0.146. The minimum atomic E-state index is -3.55. The molecule has 2 heterocycles. The highest BCUT2D eigenvalue weighted by molar-refractivity contribution is 9.10. The first-order chi connectivity index (χ1) is 12.4. The summed E-state index contributed by atoms with van der Waals surface area (Å²) in [6, 6.07) is 8.49. The monoisotopic (exact) mass is 438 g/mol. The third kappa shape index (κ3) is 3.43. The van der Waals surface area contributed by atoms with E-state index in [9.17, 15) is 13.2 Å². The van der Waals surface area contributed by atoms with E-state index in [1.165, 1.54) is 4.31 Å². The molecule has 26 heavy (non-hydrogen) atoms. The molecule has 138 valence electrons.